The van der Waals surface area contributed by atoms with Crippen LogP contribution in [0.3, 0.4) is 0 Å². The highest BCUT2D eigenvalue weighted by atomic mass is 35.5. The molecule has 0 aliphatic rings. The lowest BCUT2D eigenvalue weighted by Crippen LogP contribution is -2.06. The molecule has 0 heterocycles. The highest BCUT2D eigenvalue weighted by Crippen LogP contribution is 2.27. The Hall–Kier alpha value is -1.16. The van der Waals surface area contributed by atoms with E-state index in [1.807, 2.05) is 0 Å². The highest BCUT2D eigenvalue weighted by molar-refractivity contribution is 6.31. The van der Waals surface area contributed by atoms with Gasteiger partial charge in [-0.1, -0.05) is 35.3 Å². The highest BCUT2D eigenvalue weighted by Gasteiger charge is 2.17. The average Bonchev–Trinajstić information content (AvgIpc) is 2.38. The van der Waals surface area contributed by atoms with Gasteiger partial charge in [0.2, 0.25) is 0 Å². The molecule has 0 fully saturated rings. The van der Waals surface area contributed by atoms with Gasteiger partial charge in [-0.15, -0.1) is 0 Å². The third-order valence-electron chi connectivity index (χ3n) is 2.76. The van der Waals surface area contributed by atoms with Crippen molar-refractivity contribution in [3.63, 3.8) is 0 Å². The lowest BCUT2D eigenvalue weighted by molar-refractivity contribution is 0.172. The van der Waals surface area contributed by atoms with Gasteiger partial charge in [-0.25, -0.2) is 8.78 Å². The molecule has 0 radical (unpaired) electrons. The van der Waals surface area contributed by atoms with Crippen molar-refractivity contribution in [1.29, 1.82) is 0 Å². The molecule has 1 nitrogen and oxygen atoms in total. The Morgan fingerprint density at radius 2 is 1.84 bits per heavy atom. The van der Waals surface area contributed by atoms with Gasteiger partial charge in [0.05, 0.1) is 11.1 Å². The van der Waals surface area contributed by atoms with E-state index in [-0.39, 0.29) is 22.6 Å². The molecule has 19 heavy (non-hydrogen) atoms. The number of hydrogen-bond donors (Lipinski definition) is 1. The fourth-order valence-corrected chi connectivity index (χ4v) is 2.17. The maximum Gasteiger partial charge on any atom is 0.145 e. The molecule has 0 saturated carbocycles. The molecule has 0 bridgehead atoms. The molecule has 5 heteroatoms. The minimum Gasteiger partial charge on any atom is -0.388 e. The quantitative estimate of drug-likeness (QED) is 0.882. The molecule has 1 atom stereocenters. The molecule has 0 amide bonds. The van der Waals surface area contributed by atoms with Gasteiger partial charge in [0.15, 0.2) is 0 Å². The largest absolute Gasteiger partial charge is 0.388 e. The van der Waals surface area contributed by atoms with Gasteiger partial charge < -0.3 is 5.11 Å². The van der Waals surface area contributed by atoms with E-state index >= 15 is 0 Å². The van der Waals surface area contributed by atoms with Gasteiger partial charge in [0, 0.05) is 17.0 Å². The van der Waals surface area contributed by atoms with E-state index < -0.39 is 17.7 Å². The molecule has 0 aromatic heterocycles. The van der Waals surface area contributed by atoms with Crippen molar-refractivity contribution < 1.29 is 13.9 Å². The Bertz CT molecular complexity index is 602. The molecular formula is C14H10Cl2F2O. The second kappa shape index (κ2) is 5.87. The van der Waals surface area contributed by atoms with Crippen LogP contribution in [0.5, 0.6) is 0 Å². The summed E-state index contributed by atoms with van der Waals surface area (Å²) in [4.78, 5) is 0. The summed E-state index contributed by atoms with van der Waals surface area (Å²) in [7, 11) is 0. The second-order valence-electron chi connectivity index (χ2n) is 4.10. The Labute approximate surface area is 119 Å². The van der Waals surface area contributed by atoms with Gasteiger partial charge in [-0.3, -0.25) is 0 Å². The summed E-state index contributed by atoms with van der Waals surface area (Å²) < 4.78 is 27.3. The monoisotopic (exact) mass is 302 g/mol. The summed E-state index contributed by atoms with van der Waals surface area (Å²) in [6.45, 7) is 0. The van der Waals surface area contributed by atoms with Crippen LogP contribution in [0.4, 0.5) is 8.78 Å². The average molecular weight is 303 g/mol. The van der Waals surface area contributed by atoms with Crippen LogP contribution in [-0.4, -0.2) is 5.11 Å². The smallest absolute Gasteiger partial charge is 0.145 e. The maximum absolute atomic E-state index is 13.7. The fraction of sp³-hybridized carbons (Fsp3) is 0.143. The van der Waals surface area contributed by atoms with E-state index in [1.54, 1.807) is 6.07 Å². The number of hydrogen-bond acceptors (Lipinski definition) is 1. The van der Waals surface area contributed by atoms with Crippen molar-refractivity contribution >= 4 is 23.2 Å². The molecule has 2 aromatic carbocycles. The van der Waals surface area contributed by atoms with E-state index in [0.29, 0.717) is 5.02 Å². The zero-order valence-corrected chi connectivity index (χ0v) is 11.2. The third kappa shape index (κ3) is 3.24. The molecular weight excluding hydrogens is 293 g/mol. The van der Waals surface area contributed by atoms with Gasteiger partial charge in [0.25, 0.3) is 0 Å². The lowest BCUT2D eigenvalue weighted by Gasteiger charge is -2.13. The Morgan fingerprint density at radius 1 is 1.11 bits per heavy atom. The van der Waals surface area contributed by atoms with Crippen LogP contribution in [-0.2, 0) is 6.42 Å². The van der Waals surface area contributed by atoms with E-state index in [4.69, 9.17) is 23.2 Å². The summed E-state index contributed by atoms with van der Waals surface area (Å²) >= 11 is 11.4. The Balaban J connectivity index is 2.28. The SMILES string of the molecule is OC(Cc1cccc(Cl)c1F)c1cc(Cl)ccc1F. The number of benzene rings is 2. The minimum atomic E-state index is -1.19. The first-order chi connectivity index (χ1) is 8.99. The van der Waals surface area contributed by atoms with E-state index in [0.717, 1.165) is 6.07 Å². The van der Waals surface area contributed by atoms with Crippen molar-refractivity contribution in [3.8, 4) is 0 Å². The molecule has 2 aromatic rings. The van der Waals surface area contributed by atoms with E-state index in [2.05, 4.69) is 0 Å². The van der Waals surface area contributed by atoms with E-state index in [9.17, 15) is 13.9 Å². The first kappa shape index (κ1) is 14.3. The van der Waals surface area contributed by atoms with Crippen LogP contribution < -0.4 is 0 Å². The van der Waals surface area contributed by atoms with E-state index in [1.165, 1.54) is 24.3 Å². The molecule has 0 saturated heterocycles. The number of halogens is 4. The Kier molecular flexibility index (Phi) is 4.40. The predicted molar refractivity (Wildman–Crippen MR) is 71.5 cm³/mol. The molecule has 100 valence electrons. The Morgan fingerprint density at radius 3 is 2.58 bits per heavy atom. The van der Waals surface area contributed by atoms with Gasteiger partial charge in [-0.05, 0) is 29.8 Å². The van der Waals surface area contributed by atoms with Crippen LogP contribution in [0.1, 0.15) is 17.2 Å². The molecule has 0 aliphatic heterocycles. The summed E-state index contributed by atoms with van der Waals surface area (Å²) in [6, 6.07) is 8.34. The third-order valence-corrected chi connectivity index (χ3v) is 3.29. The van der Waals surface area contributed by atoms with Crippen molar-refractivity contribution in [2.24, 2.45) is 0 Å². The number of rotatable bonds is 3. The van der Waals surface area contributed by atoms with Crippen LogP contribution in [0.2, 0.25) is 10.0 Å². The zero-order valence-electron chi connectivity index (χ0n) is 9.71. The van der Waals surface area contributed by atoms with Crippen molar-refractivity contribution in [3.05, 3.63) is 69.2 Å². The number of aliphatic hydroxyl groups excluding tert-OH is 1. The molecule has 0 spiro atoms. The lowest BCUT2D eigenvalue weighted by atomic mass is 10.0. The maximum atomic E-state index is 13.7. The van der Waals surface area contributed by atoms with Gasteiger partial charge in [0.1, 0.15) is 11.6 Å². The van der Waals surface area contributed by atoms with Gasteiger partial charge >= 0.3 is 0 Å². The molecule has 2 rings (SSSR count). The first-order valence-corrected chi connectivity index (χ1v) is 6.30. The second-order valence-corrected chi connectivity index (χ2v) is 4.94. The topological polar surface area (TPSA) is 20.2 Å². The standard InChI is InChI=1S/C14H10Cl2F2O/c15-9-4-5-12(17)10(7-9)13(19)6-8-2-1-3-11(16)14(8)18/h1-5,7,13,19H,6H2. The van der Waals surface area contributed by atoms with Crippen LogP contribution in [0.25, 0.3) is 0 Å². The van der Waals surface area contributed by atoms with Crippen molar-refractivity contribution in [1.82, 2.24) is 0 Å². The fourth-order valence-electron chi connectivity index (χ4n) is 1.79. The predicted octanol–water partition coefficient (Wildman–Crippen LogP) is 4.55. The summed E-state index contributed by atoms with van der Waals surface area (Å²) in [5, 5.41) is 10.3. The van der Waals surface area contributed by atoms with Gasteiger partial charge in [-0.2, -0.15) is 0 Å². The van der Waals surface area contributed by atoms with Crippen molar-refractivity contribution in [2.75, 3.05) is 0 Å². The molecule has 0 aliphatic carbocycles. The summed E-state index contributed by atoms with van der Waals surface area (Å²) in [6.07, 6.45) is -1.27. The summed E-state index contributed by atoms with van der Waals surface area (Å²) in [5.74, 6) is -1.19. The van der Waals surface area contributed by atoms with Crippen LogP contribution in [0.15, 0.2) is 36.4 Å². The molecule has 1 N–H and O–H groups in total. The normalized spacial score (nSPS) is 12.5. The minimum absolute atomic E-state index is 0.0312. The first-order valence-electron chi connectivity index (χ1n) is 5.55. The van der Waals surface area contributed by atoms with Crippen molar-refractivity contribution in [2.45, 2.75) is 12.5 Å². The zero-order chi connectivity index (χ0) is 14.0. The van der Waals surface area contributed by atoms with Crippen LogP contribution in [0, 0.1) is 11.6 Å². The summed E-state index contributed by atoms with van der Waals surface area (Å²) in [5.41, 5.74) is 0.256. The molecule has 1 unspecified atom stereocenters. The number of aliphatic hydroxyl groups is 1. The van der Waals surface area contributed by atoms with Crippen LogP contribution >= 0.6 is 23.2 Å².